The van der Waals surface area contributed by atoms with Crippen molar-refractivity contribution in [2.75, 3.05) is 6.61 Å². The highest BCUT2D eigenvalue weighted by atomic mass is 16.5. The van der Waals surface area contributed by atoms with Crippen molar-refractivity contribution in [3.05, 3.63) is 12.7 Å². The van der Waals surface area contributed by atoms with Gasteiger partial charge in [-0.1, -0.05) is 0 Å². The number of hydrogen-bond donors (Lipinski definition) is 0. The van der Waals surface area contributed by atoms with Gasteiger partial charge in [-0.3, -0.25) is 0 Å². The zero-order chi connectivity index (χ0) is 8.39. The van der Waals surface area contributed by atoms with Crippen molar-refractivity contribution >= 4 is 5.71 Å². The van der Waals surface area contributed by atoms with E-state index < -0.39 is 0 Å². The van der Waals surface area contributed by atoms with Crippen LogP contribution in [0.25, 0.3) is 0 Å². The van der Waals surface area contributed by atoms with E-state index in [0.717, 1.165) is 18.7 Å². The van der Waals surface area contributed by atoms with Gasteiger partial charge in [0, 0.05) is 6.42 Å². The third kappa shape index (κ3) is 1.35. The zero-order valence-electron chi connectivity index (χ0n) is 6.84. The van der Waals surface area contributed by atoms with Crippen LogP contribution < -0.4 is 0 Å². The van der Waals surface area contributed by atoms with Gasteiger partial charge in [-0.15, -0.1) is 10.2 Å². The minimum absolute atomic E-state index is 0.132. The number of hydrogen-bond acceptors (Lipinski definition) is 4. The Morgan fingerprint density at radius 3 is 2.92 bits per heavy atom. The molecule has 1 aromatic heterocycles. The smallest absolute Gasteiger partial charge is 0.141 e. The van der Waals surface area contributed by atoms with Gasteiger partial charge in [0.15, 0.2) is 0 Å². The summed E-state index contributed by atoms with van der Waals surface area (Å²) >= 11 is 0. The summed E-state index contributed by atoms with van der Waals surface area (Å²) in [6.45, 7) is 2.76. The maximum atomic E-state index is 5.33. The third-order valence-corrected chi connectivity index (χ3v) is 1.85. The lowest BCUT2D eigenvalue weighted by Gasteiger charge is -2.01. The summed E-state index contributed by atoms with van der Waals surface area (Å²) < 4.78 is 6.93. The molecule has 5 heteroatoms. The fourth-order valence-electron chi connectivity index (χ4n) is 1.17. The van der Waals surface area contributed by atoms with Crippen molar-refractivity contribution in [3.63, 3.8) is 0 Å². The Morgan fingerprint density at radius 2 is 2.33 bits per heavy atom. The highest BCUT2D eigenvalue weighted by molar-refractivity contribution is 5.89. The lowest BCUT2D eigenvalue weighted by Crippen LogP contribution is -2.11. The first-order valence-electron chi connectivity index (χ1n) is 3.90. The van der Waals surface area contributed by atoms with E-state index in [-0.39, 0.29) is 6.10 Å². The second-order valence-electron chi connectivity index (χ2n) is 2.70. The summed E-state index contributed by atoms with van der Waals surface area (Å²) in [6.07, 6.45) is 4.17. The molecule has 1 atom stereocenters. The predicted molar refractivity (Wildman–Crippen MR) is 42.9 cm³/mol. The molecule has 0 amide bonds. The zero-order valence-corrected chi connectivity index (χ0v) is 6.84. The summed E-state index contributed by atoms with van der Waals surface area (Å²) in [5.74, 6) is 0. The number of rotatable bonds is 1. The van der Waals surface area contributed by atoms with Crippen LogP contribution in [0.1, 0.15) is 13.3 Å². The van der Waals surface area contributed by atoms with Crippen molar-refractivity contribution in [2.45, 2.75) is 19.4 Å². The molecule has 0 aliphatic carbocycles. The van der Waals surface area contributed by atoms with E-state index in [2.05, 4.69) is 15.3 Å². The topological polar surface area (TPSA) is 52.3 Å². The van der Waals surface area contributed by atoms with Gasteiger partial charge >= 0.3 is 0 Å². The van der Waals surface area contributed by atoms with E-state index in [9.17, 15) is 0 Å². The summed E-state index contributed by atoms with van der Waals surface area (Å²) in [5.41, 5.74) is 1.05. The van der Waals surface area contributed by atoms with Crippen molar-refractivity contribution in [1.29, 1.82) is 0 Å². The molecule has 1 aromatic rings. The molecule has 0 saturated carbocycles. The fraction of sp³-hybridized carbons (Fsp3) is 0.571. The second kappa shape index (κ2) is 3.02. The van der Waals surface area contributed by atoms with Crippen LogP contribution in [-0.2, 0) is 4.74 Å². The maximum absolute atomic E-state index is 5.33. The Hall–Kier alpha value is -1.23. The molecule has 12 heavy (non-hydrogen) atoms. The molecule has 0 bridgehead atoms. The van der Waals surface area contributed by atoms with Gasteiger partial charge in [-0.05, 0) is 6.92 Å². The minimum atomic E-state index is 0.132. The average Bonchev–Trinajstić information content (AvgIpc) is 2.65. The molecular weight excluding hydrogens is 156 g/mol. The van der Waals surface area contributed by atoms with Crippen LogP contribution >= 0.6 is 0 Å². The van der Waals surface area contributed by atoms with E-state index in [0.29, 0.717) is 0 Å². The van der Waals surface area contributed by atoms with Gasteiger partial charge in [0.25, 0.3) is 0 Å². The van der Waals surface area contributed by atoms with Gasteiger partial charge in [-0.25, -0.2) is 4.68 Å². The normalized spacial score (nSPS) is 26.8. The van der Waals surface area contributed by atoms with E-state index in [1.807, 2.05) is 6.92 Å². The van der Waals surface area contributed by atoms with E-state index in [1.165, 1.54) is 0 Å². The van der Waals surface area contributed by atoms with E-state index >= 15 is 0 Å². The first-order chi connectivity index (χ1) is 5.86. The summed E-state index contributed by atoms with van der Waals surface area (Å²) in [7, 11) is 0. The van der Waals surface area contributed by atoms with Crippen LogP contribution in [0.3, 0.4) is 0 Å². The molecule has 1 unspecified atom stereocenters. The van der Waals surface area contributed by atoms with Crippen molar-refractivity contribution in [2.24, 2.45) is 5.10 Å². The van der Waals surface area contributed by atoms with Crippen molar-refractivity contribution in [3.8, 4) is 0 Å². The molecular formula is C7H10N4O. The Bertz CT molecular complexity index is 280. The molecule has 0 N–H and O–H groups in total. The van der Waals surface area contributed by atoms with Gasteiger partial charge in [0.2, 0.25) is 0 Å². The molecule has 1 fully saturated rings. The van der Waals surface area contributed by atoms with Gasteiger partial charge in [0.05, 0.1) is 18.4 Å². The van der Waals surface area contributed by atoms with Crippen LogP contribution in [0, 0.1) is 0 Å². The molecule has 5 nitrogen and oxygen atoms in total. The molecule has 0 spiro atoms. The first kappa shape index (κ1) is 7.42. The first-order valence-corrected chi connectivity index (χ1v) is 3.90. The van der Waals surface area contributed by atoms with E-state index in [4.69, 9.17) is 4.74 Å². The molecule has 2 heterocycles. The monoisotopic (exact) mass is 166 g/mol. The van der Waals surface area contributed by atoms with Crippen LogP contribution in [-0.4, -0.2) is 33.3 Å². The highest BCUT2D eigenvalue weighted by Crippen LogP contribution is 2.09. The van der Waals surface area contributed by atoms with Gasteiger partial charge in [-0.2, -0.15) is 5.10 Å². The Labute approximate surface area is 70.1 Å². The molecule has 64 valence electrons. The van der Waals surface area contributed by atoms with Crippen LogP contribution in [0.2, 0.25) is 0 Å². The summed E-state index contributed by atoms with van der Waals surface area (Å²) in [5, 5.41) is 11.6. The summed E-state index contributed by atoms with van der Waals surface area (Å²) in [6, 6.07) is 0. The van der Waals surface area contributed by atoms with Crippen molar-refractivity contribution < 1.29 is 4.74 Å². The van der Waals surface area contributed by atoms with Gasteiger partial charge < -0.3 is 4.74 Å². The quantitative estimate of drug-likeness (QED) is 0.602. The van der Waals surface area contributed by atoms with Crippen LogP contribution in [0.15, 0.2) is 17.8 Å². The van der Waals surface area contributed by atoms with Crippen molar-refractivity contribution in [1.82, 2.24) is 14.9 Å². The lowest BCUT2D eigenvalue weighted by atomic mass is 10.2. The molecule has 1 aliphatic rings. The molecule has 1 saturated heterocycles. The number of nitrogens with zero attached hydrogens (tertiary/aromatic N) is 4. The second-order valence-corrected chi connectivity index (χ2v) is 2.70. The number of aromatic nitrogens is 3. The Balaban J connectivity index is 2.18. The third-order valence-electron chi connectivity index (χ3n) is 1.85. The van der Waals surface area contributed by atoms with Gasteiger partial charge in [0.1, 0.15) is 12.7 Å². The highest BCUT2D eigenvalue weighted by Gasteiger charge is 2.18. The standard InChI is InChI=1S/C7H10N4O/c1-6-7(2-3-12-6)10-11-4-8-9-5-11/h4-6H,2-3H2,1H3/b10-7-. The maximum Gasteiger partial charge on any atom is 0.141 e. The Morgan fingerprint density at radius 1 is 1.58 bits per heavy atom. The minimum Gasteiger partial charge on any atom is -0.372 e. The molecule has 0 radical (unpaired) electrons. The van der Waals surface area contributed by atoms with Crippen LogP contribution in [0.4, 0.5) is 0 Å². The largest absolute Gasteiger partial charge is 0.372 e. The van der Waals surface area contributed by atoms with E-state index in [1.54, 1.807) is 17.3 Å². The number of ether oxygens (including phenoxy) is 1. The molecule has 2 rings (SSSR count). The SMILES string of the molecule is CC1OCC/C1=N/n1cnnc1. The summed E-state index contributed by atoms with van der Waals surface area (Å²) in [4.78, 5) is 0. The molecule has 0 aromatic carbocycles. The fourth-order valence-corrected chi connectivity index (χ4v) is 1.17. The lowest BCUT2D eigenvalue weighted by molar-refractivity contribution is 0.145. The Kier molecular flexibility index (Phi) is 1.87. The van der Waals surface area contributed by atoms with Crippen LogP contribution in [0.5, 0.6) is 0 Å². The predicted octanol–water partition coefficient (Wildman–Crippen LogP) is 0.291. The molecule has 1 aliphatic heterocycles. The average molecular weight is 166 g/mol.